The van der Waals surface area contributed by atoms with Crippen molar-refractivity contribution in [3.63, 3.8) is 0 Å². The Balaban J connectivity index is 0.000000212. The van der Waals surface area contributed by atoms with E-state index < -0.39 is 23.7 Å². The number of hydrogen-bond donors (Lipinski definition) is 3. The smallest absolute Gasteiger partial charge is 0.416 e. The van der Waals surface area contributed by atoms with Gasteiger partial charge in [-0.15, -0.1) is 0 Å². The molecule has 0 amide bonds. The third-order valence-electron chi connectivity index (χ3n) is 5.93. The lowest BCUT2D eigenvalue weighted by Gasteiger charge is -2.13. The first-order chi connectivity index (χ1) is 18.0. The summed E-state index contributed by atoms with van der Waals surface area (Å²) < 4.78 is 37.9. The van der Waals surface area contributed by atoms with Crippen molar-refractivity contribution < 1.29 is 33.0 Å². The number of para-hydroxylation sites is 1. The van der Waals surface area contributed by atoms with Gasteiger partial charge in [0, 0.05) is 5.69 Å². The van der Waals surface area contributed by atoms with E-state index in [9.17, 15) is 22.8 Å². The first-order valence-corrected chi connectivity index (χ1v) is 11.6. The van der Waals surface area contributed by atoms with Crippen molar-refractivity contribution in [3.8, 4) is 0 Å². The van der Waals surface area contributed by atoms with Gasteiger partial charge in [-0.25, -0.2) is 9.59 Å². The number of carbonyl (C=O) groups is 2. The summed E-state index contributed by atoms with van der Waals surface area (Å²) in [7, 11) is 0. The number of hydrogen-bond acceptors (Lipinski definition) is 3. The molecule has 0 unspecified atom stereocenters. The number of aromatic carboxylic acids is 2. The van der Waals surface area contributed by atoms with E-state index in [2.05, 4.69) is 5.32 Å². The van der Waals surface area contributed by atoms with Crippen LogP contribution >= 0.6 is 0 Å². The summed E-state index contributed by atoms with van der Waals surface area (Å²) >= 11 is 0. The number of rotatable bonds is 6. The molecule has 0 aliphatic carbocycles. The second kappa shape index (κ2) is 12.1. The number of carboxylic acids is 2. The summed E-state index contributed by atoms with van der Waals surface area (Å²) in [6, 6.07) is 24.0. The maximum Gasteiger partial charge on any atom is 0.416 e. The van der Waals surface area contributed by atoms with Gasteiger partial charge in [0.15, 0.2) is 0 Å². The Morgan fingerprint density at radius 2 is 1.32 bits per heavy atom. The lowest BCUT2D eigenvalue weighted by Crippen LogP contribution is -2.06. The summed E-state index contributed by atoms with van der Waals surface area (Å²) in [5, 5.41) is 21.4. The van der Waals surface area contributed by atoms with Crippen LogP contribution in [0.2, 0.25) is 0 Å². The molecule has 0 bridgehead atoms. The molecule has 3 N–H and O–H groups in total. The van der Waals surface area contributed by atoms with E-state index in [1.54, 1.807) is 42.5 Å². The van der Waals surface area contributed by atoms with Crippen LogP contribution in [0.5, 0.6) is 0 Å². The van der Waals surface area contributed by atoms with Crippen molar-refractivity contribution >= 4 is 23.3 Å². The fourth-order valence-corrected chi connectivity index (χ4v) is 3.77. The summed E-state index contributed by atoms with van der Waals surface area (Å²) in [5.41, 5.74) is 4.40. The molecule has 0 saturated carbocycles. The molecule has 0 aliphatic heterocycles. The van der Waals surface area contributed by atoms with Gasteiger partial charge in [-0.3, -0.25) is 0 Å². The molecular weight excluding hydrogens is 495 g/mol. The molecule has 0 heterocycles. The topological polar surface area (TPSA) is 86.6 Å². The highest BCUT2D eigenvalue weighted by atomic mass is 19.4. The molecule has 5 nitrogen and oxygen atoms in total. The van der Waals surface area contributed by atoms with Gasteiger partial charge in [0.1, 0.15) is 0 Å². The number of anilines is 2. The van der Waals surface area contributed by atoms with E-state index in [-0.39, 0.29) is 17.5 Å². The first-order valence-electron chi connectivity index (χ1n) is 11.6. The second-order valence-electron chi connectivity index (χ2n) is 8.56. The standard InChI is InChI=1S/C15H11F3O2.C15H15NO2/c16-15(17,18)12-6-3-4-10(9-12)8-11-5-1-2-7-13(11)14(19)20;1-10-6-5-9-13(11(10)2)16-14-8-4-3-7-12(14)15(17)18/h1-7,9H,8H2,(H,19,20);3-9,16H,1-2H3,(H,17,18). The van der Waals surface area contributed by atoms with Gasteiger partial charge in [-0.2, -0.15) is 13.2 Å². The molecule has 8 heteroatoms. The van der Waals surface area contributed by atoms with Crippen LogP contribution in [0.4, 0.5) is 24.5 Å². The molecule has 0 saturated heterocycles. The van der Waals surface area contributed by atoms with Gasteiger partial charge in [-0.05, 0) is 72.9 Å². The zero-order chi connectivity index (χ0) is 27.9. The van der Waals surface area contributed by atoms with E-state index >= 15 is 0 Å². The predicted molar refractivity (Wildman–Crippen MR) is 140 cm³/mol. The first kappa shape index (κ1) is 28.0. The van der Waals surface area contributed by atoms with Crippen molar-refractivity contribution in [1.82, 2.24) is 0 Å². The molecule has 0 fully saturated rings. The Labute approximate surface area is 218 Å². The minimum absolute atomic E-state index is 0.102. The monoisotopic (exact) mass is 521 g/mol. The highest BCUT2D eigenvalue weighted by molar-refractivity contribution is 5.95. The van der Waals surface area contributed by atoms with Gasteiger partial charge >= 0.3 is 18.1 Å². The fourth-order valence-electron chi connectivity index (χ4n) is 3.77. The SMILES string of the molecule is Cc1cccc(Nc2ccccc2C(=O)O)c1C.O=C(O)c1ccccc1Cc1cccc(C(F)(F)F)c1. The highest BCUT2D eigenvalue weighted by Crippen LogP contribution is 2.30. The quantitative estimate of drug-likeness (QED) is 0.242. The van der Waals surface area contributed by atoms with Gasteiger partial charge in [-0.1, -0.05) is 60.7 Å². The van der Waals surface area contributed by atoms with Gasteiger partial charge in [0.25, 0.3) is 0 Å². The second-order valence-corrected chi connectivity index (χ2v) is 8.56. The zero-order valence-electron chi connectivity index (χ0n) is 20.7. The Morgan fingerprint density at radius 3 is 1.97 bits per heavy atom. The average Bonchev–Trinajstić information content (AvgIpc) is 2.87. The van der Waals surface area contributed by atoms with Crippen molar-refractivity contribution in [2.45, 2.75) is 26.4 Å². The molecule has 0 radical (unpaired) electrons. The zero-order valence-corrected chi connectivity index (χ0v) is 20.7. The normalized spacial score (nSPS) is 10.8. The summed E-state index contributed by atoms with van der Waals surface area (Å²) in [5.74, 6) is -2.02. The number of alkyl halides is 3. The molecule has 0 atom stereocenters. The number of nitrogens with one attached hydrogen (secondary N) is 1. The summed E-state index contributed by atoms with van der Waals surface area (Å²) in [6.07, 6.45) is -4.26. The molecular formula is C30H26F3NO4. The molecule has 0 aromatic heterocycles. The fraction of sp³-hybridized carbons (Fsp3) is 0.133. The molecule has 4 rings (SSSR count). The van der Waals surface area contributed by atoms with E-state index in [4.69, 9.17) is 10.2 Å². The van der Waals surface area contributed by atoms with Crippen LogP contribution in [0.1, 0.15) is 48.5 Å². The molecule has 196 valence electrons. The lowest BCUT2D eigenvalue weighted by molar-refractivity contribution is -0.137. The van der Waals surface area contributed by atoms with Crippen LogP contribution in [0, 0.1) is 13.8 Å². The molecule has 0 aliphatic rings. The summed E-state index contributed by atoms with van der Waals surface area (Å²) in [6.45, 7) is 4.05. The number of carboxylic acid groups (broad SMARTS) is 2. The van der Waals surface area contributed by atoms with Gasteiger partial charge < -0.3 is 15.5 Å². The number of aryl methyl sites for hydroxylation is 1. The van der Waals surface area contributed by atoms with E-state index in [0.29, 0.717) is 16.8 Å². The number of halogens is 3. The third kappa shape index (κ3) is 7.22. The Bertz CT molecular complexity index is 1450. The van der Waals surface area contributed by atoms with Crippen LogP contribution in [-0.4, -0.2) is 22.2 Å². The van der Waals surface area contributed by atoms with Crippen LogP contribution in [-0.2, 0) is 12.6 Å². The van der Waals surface area contributed by atoms with Crippen molar-refractivity contribution in [2.24, 2.45) is 0 Å². The Hall–Kier alpha value is -4.59. The van der Waals surface area contributed by atoms with Crippen LogP contribution in [0.25, 0.3) is 0 Å². The lowest BCUT2D eigenvalue weighted by atomic mass is 9.98. The molecule has 4 aromatic carbocycles. The van der Waals surface area contributed by atoms with Crippen LogP contribution in [0.15, 0.2) is 91.0 Å². The number of benzene rings is 4. The molecule has 38 heavy (non-hydrogen) atoms. The largest absolute Gasteiger partial charge is 0.478 e. The van der Waals surface area contributed by atoms with Gasteiger partial charge in [0.2, 0.25) is 0 Å². The maximum absolute atomic E-state index is 12.6. The van der Waals surface area contributed by atoms with Gasteiger partial charge in [0.05, 0.1) is 22.4 Å². The average molecular weight is 522 g/mol. The van der Waals surface area contributed by atoms with Crippen LogP contribution in [0.3, 0.4) is 0 Å². The maximum atomic E-state index is 12.6. The Kier molecular flexibility index (Phi) is 8.91. The van der Waals surface area contributed by atoms with Crippen molar-refractivity contribution in [1.29, 1.82) is 0 Å². The molecule has 4 aromatic rings. The van der Waals surface area contributed by atoms with Crippen molar-refractivity contribution in [3.05, 3.63) is 130 Å². The summed E-state index contributed by atoms with van der Waals surface area (Å²) in [4.78, 5) is 22.2. The Morgan fingerprint density at radius 1 is 0.737 bits per heavy atom. The highest BCUT2D eigenvalue weighted by Gasteiger charge is 2.30. The van der Waals surface area contributed by atoms with Crippen LogP contribution < -0.4 is 5.32 Å². The van der Waals surface area contributed by atoms with E-state index in [1.165, 1.54) is 17.7 Å². The van der Waals surface area contributed by atoms with E-state index in [0.717, 1.165) is 23.4 Å². The van der Waals surface area contributed by atoms with Crippen molar-refractivity contribution in [2.75, 3.05) is 5.32 Å². The molecule has 0 spiro atoms. The third-order valence-corrected chi connectivity index (χ3v) is 5.93. The predicted octanol–water partition coefficient (Wildman–Crippen LogP) is 7.74. The van der Waals surface area contributed by atoms with E-state index in [1.807, 2.05) is 38.1 Å². The minimum atomic E-state index is -4.40. The minimum Gasteiger partial charge on any atom is -0.478 e.